The van der Waals surface area contributed by atoms with E-state index < -0.39 is 165 Å². The predicted octanol–water partition coefficient (Wildman–Crippen LogP) is 13.3. The second-order valence-electron chi connectivity index (χ2n) is 30.5. The Bertz CT molecular complexity index is 3800. The van der Waals surface area contributed by atoms with Gasteiger partial charge in [0.2, 0.25) is 0 Å². The van der Waals surface area contributed by atoms with Crippen molar-refractivity contribution >= 4 is 17.9 Å². The number of benzene rings is 5. The summed E-state index contributed by atoms with van der Waals surface area (Å²) in [7, 11) is 1.57. The lowest BCUT2D eigenvalue weighted by Gasteiger charge is -2.52. The first-order valence-electron chi connectivity index (χ1n) is 38.9. The lowest BCUT2D eigenvalue weighted by molar-refractivity contribution is -0.371. The molecule has 111 heavy (non-hydrogen) atoms. The summed E-state index contributed by atoms with van der Waals surface area (Å²) in [5.74, 6) is -5.00. The van der Waals surface area contributed by atoms with E-state index in [0.717, 1.165) is 27.8 Å². The maximum atomic E-state index is 13.0. The molecule has 12 unspecified atom stereocenters. The molecule has 5 aromatic rings. The van der Waals surface area contributed by atoms with Crippen molar-refractivity contribution in [1.82, 2.24) is 0 Å². The third-order valence-electron chi connectivity index (χ3n) is 22.7. The van der Waals surface area contributed by atoms with E-state index in [-0.39, 0.29) is 75.3 Å². The molecule has 5 aromatic carbocycles. The molecule has 602 valence electrons. The first-order chi connectivity index (χ1) is 53.6. The van der Waals surface area contributed by atoms with Crippen LogP contribution in [0.2, 0.25) is 0 Å². The Hall–Kier alpha value is -7.47. The molecule has 6 saturated heterocycles. The van der Waals surface area contributed by atoms with Crippen LogP contribution in [0.5, 0.6) is 0 Å². The zero-order valence-electron chi connectivity index (χ0n) is 65.7. The van der Waals surface area contributed by atoms with Crippen LogP contribution in [-0.4, -0.2) is 180 Å². The van der Waals surface area contributed by atoms with Crippen LogP contribution >= 0.6 is 0 Å². The molecular formula is C84H110N6O21. The fourth-order valence-corrected chi connectivity index (χ4v) is 16.3. The highest BCUT2D eigenvalue weighted by molar-refractivity contribution is 5.66. The highest BCUT2D eigenvalue weighted by Gasteiger charge is 2.57. The van der Waals surface area contributed by atoms with Crippen LogP contribution in [0.3, 0.4) is 0 Å². The predicted molar refractivity (Wildman–Crippen MR) is 403 cm³/mol. The number of ether oxygens (including phenoxy) is 18. The molecule has 0 amide bonds. The molecular weight excluding hydrogens is 1430 g/mol. The van der Waals surface area contributed by atoms with Gasteiger partial charge in [-0.25, -0.2) is 0 Å². The van der Waals surface area contributed by atoms with E-state index in [1.807, 2.05) is 195 Å². The van der Waals surface area contributed by atoms with Crippen molar-refractivity contribution in [3.8, 4) is 0 Å². The molecule has 30 atom stereocenters. The van der Waals surface area contributed by atoms with Gasteiger partial charge >= 0.3 is 17.9 Å². The van der Waals surface area contributed by atoms with Crippen molar-refractivity contribution in [3.05, 3.63) is 200 Å². The number of methoxy groups -OCH3 is 1. The summed E-state index contributed by atoms with van der Waals surface area (Å²) in [5.41, 5.74) is 25.8. The molecule has 6 fully saturated rings. The van der Waals surface area contributed by atoms with Crippen molar-refractivity contribution in [1.29, 1.82) is 0 Å². The maximum absolute atomic E-state index is 13.0. The van der Waals surface area contributed by atoms with Gasteiger partial charge in [0, 0.05) is 73.7 Å². The minimum absolute atomic E-state index is 0.0727. The van der Waals surface area contributed by atoms with Crippen LogP contribution in [0.1, 0.15) is 111 Å². The van der Waals surface area contributed by atoms with E-state index in [9.17, 15) is 25.4 Å². The van der Waals surface area contributed by atoms with Gasteiger partial charge in [0.05, 0.1) is 86.8 Å². The number of hydrogen-bond donors (Lipinski definition) is 0. The smallest absolute Gasteiger partial charge is 0.302 e. The van der Waals surface area contributed by atoms with Crippen molar-refractivity contribution in [3.63, 3.8) is 0 Å². The molecule has 6 aliphatic rings. The Morgan fingerprint density at radius 1 is 0.333 bits per heavy atom. The number of carbonyl (C=O) groups excluding carboxylic acids is 3. The monoisotopic (exact) mass is 1540 g/mol. The average molecular weight is 1540 g/mol. The molecule has 0 N–H and O–H groups in total. The van der Waals surface area contributed by atoms with Crippen molar-refractivity contribution in [2.45, 2.75) is 251 Å². The average Bonchev–Trinajstić information content (AvgIpc) is 0.767. The number of nitrogens with zero attached hydrogens (tertiary/aromatic N) is 6. The Morgan fingerprint density at radius 3 is 1.05 bits per heavy atom. The van der Waals surface area contributed by atoms with Crippen molar-refractivity contribution in [2.24, 2.45) is 57.6 Å². The summed E-state index contributed by atoms with van der Waals surface area (Å²) in [6.07, 6.45) is -16.7. The van der Waals surface area contributed by atoms with E-state index in [0.29, 0.717) is 13.0 Å². The Labute approximate surface area is 650 Å². The number of carbonyl (C=O) groups is 3. The molecule has 0 spiro atoms. The van der Waals surface area contributed by atoms with E-state index in [4.69, 9.17) is 85.3 Å². The normalized spacial score (nSPS) is 36.3. The lowest BCUT2D eigenvalue weighted by atomic mass is 9.82. The van der Waals surface area contributed by atoms with Crippen LogP contribution in [0.4, 0.5) is 0 Å². The summed E-state index contributed by atoms with van der Waals surface area (Å²) in [6, 6.07) is 47.0. The fraction of sp³-hybridized carbons (Fsp3) is 0.607. The summed E-state index contributed by atoms with van der Waals surface area (Å²) in [4.78, 5) is 44.9. The molecule has 27 heteroatoms. The van der Waals surface area contributed by atoms with Gasteiger partial charge in [-0.1, -0.05) is 217 Å². The number of azide groups is 2. The first-order valence-corrected chi connectivity index (χ1v) is 38.9. The summed E-state index contributed by atoms with van der Waals surface area (Å²) >= 11 is 0. The molecule has 27 nitrogen and oxygen atoms in total. The third kappa shape index (κ3) is 21.7. The maximum Gasteiger partial charge on any atom is 0.302 e. The van der Waals surface area contributed by atoms with Crippen LogP contribution < -0.4 is 0 Å². The molecule has 0 radical (unpaired) electrons. The van der Waals surface area contributed by atoms with Gasteiger partial charge in [-0.05, 0) is 70.0 Å². The molecule has 6 heterocycles. The highest BCUT2D eigenvalue weighted by Crippen LogP contribution is 2.45. The fourth-order valence-electron chi connectivity index (χ4n) is 16.3. The lowest BCUT2D eigenvalue weighted by Crippen LogP contribution is -2.64. The van der Waals surface area contributed by atoms with Gasteiger partial charge in [-0.15, -0.1) is 0 Å². The van der Waals surface area contributed by atoms with Crippen LogP contribution in [0.15, 0.2) is 162 Å². The molecule has 6 aliphatic heterocycles. The summed E-state index contributed by atoms with van der Waals surface area (Å²) in [5, 5.41) is 8.82. The highest BCUT2D eigenvalue weighted by atomic mass is 16.8. The van der Waals surface area contributed by atoms with Gasteiger partial charge in [0.25, 0.3) is 0 Å². The van der Waals surface area contributed by atoms with Crippen LogP contribution in [-0.2, 0) is 132 Å². The van der Waals surface area contributed by atoms with Gasteiger partial charge in [0.1, 0.15) is 50.3 Å². The molecule has 0 aliphatic carbocycles. The SMILES string of the molecule is CO[C@@H]1OC(COC(C)=O)[C@@H](O[C@@H]2OC(C)[C@H](O[C@@H]3OC(COC(C)=O)[C@@H](O[C@@H]4OC(Cc5ccccc5)[C@@H](O[C@H]5OC(COC(C)=O)[C@@H](O[C@@H]6OC(Cc7ccccc7)[C@@H](C)[C@@H](OCc7ccccc7)C6C)[C@H](C)C5N=[N+]=[N-])[C@@H](OCc5ccccc5)C4C)[C@H](C)C3N=[N+]=[N-])[C@@H](OCc3ccccc3)C2C)[C@H](C)C1C. The van der Waals surface area contributed by atoms with E-state index >= 15 is 0 Å². The molecule has 11 rings (SSSR count). The number of rotatable bonds is 32. The largest absolute Gasteiger partial charge is 0.463 e. The minimum atomic E-state index is -1.33. The second-order valence-corrected chi connectivity index (χ2v) is 30.5. The molecule has 0 aromatic heterocycles. The van der Waals surface area contributed by atoms with E-state index in [1.54, 1.807) is 7.11 Å². The van der Waals surface area contributed by atoms with Gasteiger partial charge in [-0.2, -0.15) is 0 Å². The standard InChI is InChI=1S/C84H110N6O21/c1-47-48(2)79(94-13)104-66(44-95-56(10)91)72(47)107-80-53(7)75(99-42-62-35-25-17-26-36-62)77(55(9)101-80)110-83-69(87-89-85)50(4)74(67(105-83)45-96-57(11)92)109-82-54(8)76(100-43-63-37-27-18-28-38-63)78(65(103-82)40-60-31-21-15-22-32-60)111-84-70(88-90-86)51(5)73(68(106-84)46-97-58(12)93)108-81-52(6)71(98-41-61-33-23-16-24-34-61)49(3)64(102-81)39-59-29-19-14-20-30-59/h14-38,47-55,64-84H,39-46H2,1-13H3/t47-,48?,49-,50-,51-,52?,53?,54?,55?,64?,65?,66?,67?,68?,69?,70?,71-,72+,73+,74+,75+,76+,77+,78-,79-,80+,81+,82+,83+,84-/m1/s1. The van der Waals surface area contributed by atoms with Crippen LogP contribution in [0, 0.1) is 47.3 Å². The quantitative estimate of drug-likeness (QED) is 0.0127. The minimum Gasteiger partial charge on any atom is -0.463 e. The first kappa shape index (κ1) is 84.4. The third-order valence-corrected chi connectivity index (χ3v) is 22.7. The van der Waals surface area contributed by atoms with Gasteiger partial charge in [-0.3, -0.25) is 14.4 Å². The van der Waals surface area contributed by atoms with E-state index in [2.05, 4.69) is 39.1 Å². The Morgan fingerprint density at radius 2 is 0.649 bits per heavy atom. The number of esters is 3. The van der Waals surface area contributed by atoms with Crippen LogP contribution in [0.25, 0.3) is 20.9 Å². The second kappa shape index (κ2) is 40.5. The van der Waals surface area contributed by atoms with E-state index in [1.165, 1.54) is 20.8 Å². The topological polar surface area (TPSA) is 315 Å². The molecule has 0 saturated carbocycles. The Kier molecular flexibility index (Phi) is 30.8. The summed E-state index contributed by atoms with van der Waals surface area (Å²) in [6.45, 7) is 21.6. The van der Waals surface area contributed by atoms with Gasteiger partial charge < -0.3 is 85.3 Å². The van der Waals surface area contributed by atoms with Crippen molar-refractivity contribution in [2.75, 3.05) is 26.9 Å². The number of hydrogen-bond acceptors (Lipinski definition) is 23. The zero-order valence-corrected chi connectivity index (χ0v) is 65.7. The Balaban J connectivity index is 0.888. The van der Waals surface area contributed by atoms with Gasteiger partial charge in [0.15, 0.2) is 37.7 Å². The zero-order chi connectivity index (χ0) is 78.8. The molecule has 0 bridgehead atoms. The van der Waals surface area contributed by atoms with Crippen molar-refractivity contribution < 1.29 is 99.6 Å². The summed E-state index contributed by atoms with van der Waals surface area (Å²) < 4.78 is 121.